The van der Waals surface area contributed by atoms with Gasteiger partial charge < -0.3 is 20.4 Å². The molecular weight excluding hydrogens is 419 g/mol. The fourth-order valence-electron chi connectivity index (χ4n) is 3.77. The molecule has 32 heavy (non-hydrogen) atoms. The van der Waals surface area contributed by atoms with E-state index in [-0.39, 0.29) is 23.8 Å². The Morgan fingerprint density at radius 2 is 1.53 bits per heavy atom. The first-order valence-electron chi connectivity index (χ1n) is 10.6. The zero-order valence-electron chi connectivity index (χ0n) is 18.8. The third-order valence-corrected chi connectivity index (χ3v) is 5.64. The van der Waals surface area contributed by atoms with Gasteiger partial charge in [0.25, 0.3) is 5.91 Å². The van der Waals surface area contributed by atoms with Crippen LogP contribution in [0.25, 0.3) is 0 Å². The van der Waals surface area contributed by atoms with Crippen LogP contribution in [0.1, 0.15) is 41.7 Å². The molecule has 0 aliphatic heterocycles. The second kappa shape index (κ2) is 9.67. The minimum Gasteiger partial charge on any atom is -0.382 e. The summed E-state index contributed by atoms with van der Waals surface area (Å²) in [5.74, 6) is 0.148. The number of carbonyl (C=O) groups excluding carboxylic acids is 1. The second-order valence-electron chi connectivity index (χ2n) is 8.60. The van der Waals surface area contributed by atoms with Gasteiger partial charge in [-0.1, -0.05) is 0 Å². The van der Waals surface area contributed by atoms with Crippen LogP contribution in [-0.4, -0.2) is 51.2 Å². The number of nitrogens with zero attached hydrogens (tertiary/aromatic N) is 3. The van der Waals surface area contributed by atoms with E-state index in [9.17, 15) is 18.0 Å². The highest BCUT2D eigenvalue weighted by Crippen LogP contribution is 2.32. The second-order valence-corrected chi connectivity index (χ2v) is 8.60. The first-order chi connectivity index (χ1) is 15.0. The summed E-state index contributed by atoms with van der Waals surface area (Å²) in [4.78, 5) is 19.8. The fraction of sp³-hybridized carbons (Fsp3) is 0.478. The van der Waals surface area contributed by atoms with Crippen molar-refractivity contribution in [3.8, 4) is 0 Å². The Balaban J connectivity index is 1.57. The predicted molar refractivity (Wildman–Crippen MR) is 121 cm³/mol. The molecule has 174 valence electrons. The van der Waals surface area contributed by atoms with Crippen molar-refractivity contribution >= 4 is 23.1 Å². The van der Waals surface area contributed by atoms with Crippen LogP contribution in [0, 0.1) is 0 Å². The molecule has 9 heteroatoms. The van der Waals surface area contributed by atoms with Gasteiger partial charge in [0.2, 0.25) is 0 Å². The van der Waals surface area contributed by atoms with Gasteiger partial charge in [0.1, 0.15) is 11.5 Å². The van der Waals surface area contributed by atoms with Crippen molar-refractivity contribution < 1.29 is 18.0 Å². The van der Waals surface area contributed by atoms with Crippen LogP contribution >= 0.6 is 0 Å². The molecule has 1 amide bonds. The van der Waals surface area contributed by atoms with Crippen molar-refractivity contribution in [2.45, 2.75) is 43.9 Å². The van der Waals surface area contributed by atoms with Crippen molar-refractivity contribution in [2.24, 2.45) is 0 Å². The molecular formula is C23H30F3N5O. The van der Waals surface area contributed by atoms with Crippen molar-refractivity contribution in [3.63, 3.8) is 0 Å². The molecule has 0 bridgehead atoms. The number of carbonyl (C=O) groups is 1. The van der Waals surface area contributed by atoms with Gasteiger partial charge in [-0.2, -0.15) is 13.2 Å². The highest BCUT2D eigenvalue weighted by Gasteiger charge is 2.34. The molecule has 0 spiro atoms. The maximum Gasteiger partial charge on any atom is 0.433 e. The van der Waals surface area contributed by atoms with Crippen molar-refractivity contribution in [1.29, 1.82) is 0 Å². The molecule has 2 aromatic rings. The smallest absolute Gasteiger partial charge is 0.382 e. The Morgan fingerprint density at radius 1 is 0.938 bits per heavy atom. The van der Waals surface area contributed by atoms with Crippen LogP contribution in [0.5, 0.6) is 0 Å². The molecule has 0 radical (unpaired) electrons. The van der Waals surface area contributed by atoms with Crippen molar-refractivity contribution in [1.82, 2.24) is 10.3 Å². The lowest BCUT2D eigenvalue weighted by Gasteiger charge is -2.30. The number of rotatable bonds is 6. The molecule has 0 saturated heterocycles. The average molecular weight is 450 g/mol. The molecule has 1 aromatic heterocycles. The van der Waals surface area contributed by atoms with E-state index >= 15 is 0 Å². The number of halogens is 3. The van der Waals surface area contributed by atoms with E-state index in [0.717, 1.165) is 37.4 Å². The number of alkyl halides is 3. The van der Waals surface area contributed by atoms with Crippen molar-refractivity contribution in [3.05, 3.63) is 47.7 Å². The summed E-state index contributed by atoms with van der Waals surface area (Å²) in [7, 11) is 7.21. The summed E-state index contributed by atoms with van der Waals surface area (Å²) >= 11 is 0. The summed E-state index contributed by atoms with van der Waals surface area (Å²) in [6.07, 6.45) is -1.47. The zero-order valence-corrected chi connectivity index (χ0v) is 18.8. The minimum absolute atomic E-state index is 0.0426. The van der Waals surface area contributed by atoms with Crippen LogP contribution in [0.15, 0.2) is 36.4 Å². The first-order valence-corrected chi connectivity index (χ1v) is 10.6. The molecule has 1 fully saturated rings. The van der Waals surface area contributed by atoms with E-state index in [2.05, 4.69) is 15.6 Å². The van der Waals surface area contributed by atoms with Crippen molar-refractivity contribution in [2.75, 3.05) is 43.3 Å². The molecule has 1 aliphatic carbocycles. The zero-order chi connectivity index (χ0) is 23.5. The highest BCUT2D eigenvalue weighted by atomic mass is 19.4. The Labute approximate surface area is 186 Å². The van der Waals surface area contributed by atoms with Gasteiger partial charge in [0.15, 0.2) is 0 Å². The van der Waals surface area contributed by atoms with Crippen LogP contribution in [0.3, 0.4) is 0 Å². The van der Waals surface area contributed by atoms with Gasteiger partial charge >= 0.3 is 6.18 Å². The maximum atomic E-state index is 13.2. The number of pyridine rings is 1. The van der Waals surface area contributed by atoms with E-state index in [0.29, 0.717) is 11.3 Å². The van der Waals surface area contributed by atoms with Gasteiger partial charge in [-0.25, -0.2) is 4.98 Å². The lowest BCUT2D eigenvalue weighted by molar-refractivity contribution is -0.141. The van der Waals surface area contributed by atoms with Gasteiger partial charge in [-0.05, 0) is 56.0 Å². The maximum absolute atomic E-state index is 13.2. The fourth-order valence-corrected chi connectivity index (χ4v) is 3.77. The number of amides is 1. The highest BCUT2D eigenvalue weighted by molar-refractivity contribution is 5.94. The molecule has 3 rings (SSSR count). The number of hydrogen-bond acceptors (Lipinski definition) is 5. The largest absolute Gasteiger partial charge is 0.433 e. The number of nitrogens with one attached hydrogen (secondary N) is 2. The molecule has 0 atom stereocenters. The molecule has 1 heterocycles. The van der Waals surface area contributed by atoms with Crippen LogP contribution in [0.4, 0.5) is 30.4 Å². The van der Waals surface area contributed by atoms with E-state index < -0.39 is 11.9 Å². The molecule has 2 N–H and O–H groups in total. The van der Waals surface area contributed by atoms with Crippen LogP contribution in [0.2, 0.25) is 0 Å². The Bertz CT molecular complexity index is 920. The quantitative estimate of drug-likeness (QED) is 0.685. The first kappa shape index (κ1) is 23.7. The monoisotopic (exact) mass is 449 g/mol. The standard InChI is InChI=1S/C23H30F3N5O/c1-30(2)19-11-5-15(6-12-19)22(32)28-17-9-7-16(8-10-17)27-18-13-20(23(24,25)26)29-21(14-18)31(3)4/h5-6,11-14,16-17H,7-10H2,1-4H3,(H,27,29)(H,28,32). The van der Waals surface area contributed by atoms with Gasteiger partial charge in [0.05, 0.1) is 0 Å². The van der Waals surface area contributed by atoms with E-state index in [1.807, 2.05) is 43.3 Å². The topological polar surface area (TPSA) is 60.5 Å². The third kappa shape index (κ3) is 6.05. The van der Waals surface area contributed by atoms with Gasteiger partial charge in [-0.15, -0.1) is 0 Å². The number of anilines is 3. The number of hydrogen-bond donors (Lipinski definition) is 2. The van der Waals surface area contributed by atoms with Crippen LogP contribution < -0.4 is 20.4 Å². The van der Waals surface area contributed by atoms with Crippen LogP contribution in [-0.2, 0) is 6.18 Å². The van der Waals surface area contributed by atoms with Gasteiger partial charge in [-0.3, -0.25) is 4.79 Å². The summed E-state index contributed by atoms with van der Waals surface area (Å²) < 4.78 is 39.6. The Morgan fingerprint density at radius 3 is 2.06 bits per heavy atom. The summed E-state index contributed by atoms with van der Waals surface area (Å²) in [5, 5.41) is 6.30. The lowest BCUT2D eigenvalue weighted by Crippen LogP contribution is -2.40. The summed E-state index contributed by atoms with van der Waals surface area (Å²) in [6.45, 7) is 0. The Kier molecular flexibility index (Phi) is 7.16. The van der Waals surface area contributed by atoms with E-state index in [1.165, 1.54) is 0 Å². The third-order valence-electron chi connectivity index (χ3n) is 5.64. The minimum atomic E-state index is -4.50. The molecule has 1 aliphatic rings. The average Bonchev–Trinajstić information content (AvgIpc) is 2.74. The number of benzene rings is 1. The molecule has 6 nitrogen and oxygen atoms in total. The molecule has 1 saturated carbocycles. The predicted octanol–water partition coefficient (Wildman–Crippen LogP) is 4.39. The Hall–Kier alpha value is -2.97. The van der Waals surface area contributed by atoms with E-state index in [4.69, 9.17) is 0 Å². The molecule has 1 aromatic carbocycles. The SMILES string of the molecule is CN(C)c1ccc(C(=O)NC2CCC(Nc3cc(N(C)C)nc(C(F)(F)F)c3)CC2)cc1. The summed E-state index contributed by atoms with van der Waals surface area (Å²) in [6, 6.07) is 10.2. The number of aromatic nitrogens is 1. The van der Waals surface area contributed by atoms with E-state index in [1.54, 1.807) is 25.1 Å². The molecule has 0 unspecified atom stereocenters. The lowest BCUT2D eigenvalue weighted by atomic mass is 9.90. The normalized spacial score (nSPS) is 18.7. The summed E-state index contributed by atoms with van der Waals surface area (Å²) in [5.41, 5.74) is 1.14. The van der Waals surface area contributed by atoms with Gasteiger partial charge in [0, 0.05) is 63.3 Å².